The molecule has 0 heterocycles. The highest BCUT2D eigenvalue weighted by atomic mass is 31.1. The van der Waals surface area contributed by atoms with Gasteiger partial charge in [0.2, 0.25) is 0 Å². The first-order valence-corrected chi connectivity index (χ1v) is 16.9. The molecule has 0 radical (unpaired) electrons. The average molecular weight is 582 g/mol. The maximum Gasteiger partial charge on any atom is 0.368 e. The van der Waals surface area contributed by atoms with Crippen molar-refractivity contribution in [3.8, 4) is 5.75 Å². The van der Waals surface area contributed by atoms with Crippen molar-refractivity contribution >= 4 is 14.2 Å². The lowest BCUT2D eigenvalue weighted by atomic mass is 9.52. The van der Waals surface area contributed by atoms with Gasteiger partial charge in [-0.1, -0.05) is 63.1 Å². The van der Waals surface area contributed by atoms with E-state index < -0.39 is 8.25 Å². The molecule has 41 heavy (non-hydrogen) atoms. The number of ether oxygens (including phenoxy) is 1. The predicted molar refractivity (Wildman–Crippen MR) is 163 cm³/mol. The van der Waals surface area contributed by atoms with Gasteiger partial charge in [0.05, 0.1) is 13.0 Å². The van der Waals surface area contributed by atoms with Gasteiger partial charge in [-0.05, 0) is 105 Å². The zero-order valence-corrected chi connectivity index (χ0v) is 26.3. The van der Waals surface area contributed by atoms with E-state index in [4.69, 9.17) is 13.8 Å². The average Bonchev–Trinajstić information content (AvgIpc) is 3.29. The normalized spacial score (nSPS) is 29.3. The summed E-state index contributed by atoms with van der Waals surface area (Å²) >= 11 is 0. The van der Waals surface area contributed by atoms with Crippen molar-refractivity contribution in [2.45, 2.75) is 90.3 Å². The Bertz CT molecular complexity index is 1200. The number of fused-ring (bicyclic) bond motifs is 5. The van der Waals surface area contributed by atoms with Crippen molar-refractivity contribution in [1.82, 2.24) is 4.90 Å². The summed E-state index contributed by atoms with van der Waals surface area (Å²) in [7, 11) is 1.33. The molecule has 2 fully saturated rings. The SMILES string of the molecule is CCCC[C@@H]1Cc2cc(O[PH](=O)OCc3ccccc3)ccc2[C@H]2CC[C@]3(C)[C@@H](OC(=O)CCN(C)C)CC[C@H]3[C@H]12. The zero-order chi connectivity index (χ0) is 29.0. The van der Waals surface area contributed by atoms with Crippen molar-refractivity contribution in [3.05, 3.63) is 65.2 Å². The molecule has 0 spiro atoms. The number of carbonyl (C=O) groups excluding carboxylic acids is 1. The minimum atomic E-state index is -2.65. The Hall–Kier alpha value is -2.14. The second-order valence-electron chi connectivity index (χ2n) is 13.0. The summed E-state index contributed by atoms with van der Waals surface area (Å²) in [4.78, 5) is 14.7. The van der Waals surface area contributed by atoms with Crippen molar-refractivity contribution < 1.29 is 23.1 Å². The minimum Gasteiger partial charge on any atom is -0.462 e. The third-order valence-corrected chi connectivity index (χ3v) is 10.9. The second kappa shape index (κ2) is 13.4. The van der Waals surface area contributed by atoms with Gasteiger partial charge in [-0.3, -0.25) is 9.32 Å². The molecule has 0 amide bonds. The van der Waals surface area contributed by atoms with Crippen molar-refractivity contribution in [3.63, 3.8) is 0 Å². The number of rotatable bonds is 12. The third kappa shape index (κ3) is 6.92. The van der Waals surface area contributed by atoms with Crippen LogP contribution in [-0.2, 0) is 31.6 Å². The van der Waals surface area contributed by atoms with Crippen LogP contribution in [0, 0.1) is 23.2 Å². The van der Waals surface area contributed by atoms with Crippen LogP contribution in [0.4, 0.5) is 0 Å². The summed E-state index contributed by atoms with van der Waals surface area (Å²) in [6, 6.07) is 16.1. The number of esters is 1. The van der Waals surface area contributed by atoms with Gasteiger partial charge in [-0.15, -0.1) is 0 Å². The molecule has 0 aliphatic heterocycles. The van der Waals surface area contributed by atoms with E-state index in [1.165, 1.54) is 30.4 Å². The van der Waals surface area contributed by atoms with Gasteiger partial charge < -0.3 is 14.2 Å². The summed E-state index contributed by atoms with van der Waals surface area (Å²) in [6.07, 6.45) is 9.49. The van der Waals surface area contributed by atoms with Gasteiger partial charge in [-0.25, -0.2) is 4.57 Å². The van der Waals surface area contributed by atoms with Gasteiger partial charge in [0.15, 0.2) is 0 Å². The van der Waals surface area contributed by atoms with Crippen molar-refractivity contribution in [2.24, 2.45) is 23.2 Å². The van der Waals surface area contributed by atoms with Gasteiger partial charge in [-0.2, -0.15) is 0 Å². The highest BCUT2D eigenvalue weighted by Gasteiger charge is 2.58. The Kier molecular flexibility index (Phi) is 9.94. The molecule has 2 aromatic rings. The molecule has 224 valence electrons. The quantitative estimate of drug-likeness (QED) is 0.188. The molecule has 7 heteroatoms. The molecule has 7 atom stereocenters. The van der Waals surface area contributed by atoms with Crippen LogP contribution in [0.5, 0.6) is 5.75 Å². The van der Waals surface area contributed by atoms with E-state index in [1.807, 2.05) is 55.4 Å². The van der Waals surface area contributed by atoms with Crippen LogP contribution in [0.15, 0.2) is 48.5 Å². The van der Waals surface area contributed by atoms with Gasteiger partial charge in [0.25, 0.3) is 0 Å². The first kappa shape index (κ1) is 30.3. The lowest BCUT2D eigenvalue weighted by Gasteiger charge is -2.53. The first-order valence-electron chi connectivity index (χ1n) is 15.6. The molecule has 2 aromatic carbocycles. The Morgan fingerprint density at radius 3 is 2.66 bits per heavy atom. The molecule has 0 saturated heterocycles. The molecular weight excluding hydrogens is 533 g/mol. The Morgan fingerprint density at radius 1 is 1.10 bits per heavy atom. The van der Waals surface area contributed by atoms with Crippen LogP contribution in [0.2, 0.25) is 0 Å². The van der Waals surface area contributed by atoms with E-state index in [0.29, 0.717) is 35.8 Å². The number of unbranched alkanes of at least 4 members (excludes halogenated alkanes) is 1. The Labute approximate surface area is 247 Å². The molecule has 0 N–H and O–H groups in total. The van der Waals surface area contributed by atoms with E-state index in [2.05, 4.69) is 26.0 Å². The molecule has 1 unspecified atom stereocenters. The second-order valence-corrected chi connectivity index (χ2v) is 14.0. The van der Waals surface area contributed by atoms with Crippen LogP contribution in [-0.4, -0.2) is 37.6 Å². The van der Waals surface area contributed by atoms with Gasteiger partial charge in [0.1, 0.15) is 11.9 Å². The van der Waals surface area contributed by atoms with Crippen LogP contribution < -0.4 is 4.52 Å². The maximum absolute atomic E-state index is 12.7. The monoisotopic (exact) mass is 581 g/mol. The van der Waals surface area contributed by atoms with Crippen LogP contribution >= 0.6 is 8.25 Å². The van der Waals surface area contributed by atoms with Gasteiger partial charge in [0, 0.05) is 12.0 Å². The summed E-state index contributed by atoms with van der Waals surface area (Å²) in [5.74, 6) is 2.88. The van der Waals surface area contributed by atoms with E-state index in [-0.39, 0.29) is 24.1 Å². The third-order valence-electron chi connectivity index (χ3n) is 10.2. The first-order chi connectivity index (χ1) is 19.8. The molecule has 5 rings (SSSR count). The lowest BCUT2D eigenvalue weighted by Crippen LogP contribution is -2.48. The Balaban J connectivity index is 1.30. The highest BCUT2D eigenvalue weighted by molar-refractivity contribution is 7.33. The molecule has 6 nitrogen and oxygen atoms in total. The molecule has 3 aliphatic rings. The maximum atomic E-state index is 12.7. The van der Waals surface area contributed by atoms with Gasteiger partial charge >= 0.3 is 14.2 Å². The van der Waals surface area contributed by atoms with Crippen molar-refractivity contribution in [1.29, 1.82) is 0 Å². The fraction of sp³-hybridized carbons (Fsp3) is 0.618. The van der Waals surface area contributed by atoms with Crippen LogP contribution in [0.1, 0.15) is 87.8 Å². The van der Waals surface area contributed by atoms with E-state index in [1.54, 1.807) is 0 Å². The largest absolute Gasteiger partial charge is 0.462 e. The standard InChI is InChI=1S/C34H48NO5P/c1-5-6-12-25-21-26-22-27(40-41(37)38-23-24-10-8-7-9-11-24)13-14-28(26)29-17-19-34(2)30(33(25)29)15-16-31(34)39-32(36)18-20-35(3)4/h7-11,13-14,22,25,29-31,33,41H,5-6,12,15-21,23H2,1-4H3/t25-,29-,30+,31+,33-,34+/m1/s1. The van der Waals surface area contributed by atoms with Crippen LogP contribution in [0.3, 0.4) is 0 Å². The molecule has 0 bridgehead atoms. The smallest absolute Gasteiger partial charge is 0.368 e. The number of carbonyl (C=O) groups is 1. The number of benzene rings is 2. The number of hydrogen-bond donors (Lipinski definition) is 0. The predicted octanol–water partition coefficient (Wildman–Crippen LogP) is 7.81. The molecule has 0 aromatic heterocycles. The Morgan fingerprint density at radius 2 is 1.90 bits per heavy atom. The van der Waals surface area contributed by atoms with E-state index in [9.17, 15) is 9.36 Å². The van der Waals surface area contributed by atoms with Crippen molar-refractivity contribution in [2.75, 3.05) is 20.6 Å². The van der Waals surface area contributed by atoms with E-state index >= 15 is 0 Å². The summed E-state index contributed by atoms with van der Waals surface area (Å²) in [5, 5.41) is 0. The number of nitrogens with zero attached hydrogens (tertiary/aromatic N) is 1. The highest BCUT2D eigenvalue weighted by Crippen LogP contribution is 2.63. The van der Waals surface area contributed by atoms with Crippen LogP contribution in [0.25, 0.3) is 0 Å². The fourth-order valence-electron chi connectivity index (χ4n) is 8.10. The molecular formula is C34H48NO5P. The lowest BCUT2D eigenvalue weighted by molar-refractivity contribution is -0.158. The summed E-state index contributed by atoms with van der Waals surface area (Å²) in [6.45, 7) is 5.68. The summed E-state index contributed by atoms with van der Waals surface area (Å²) < 4.78 is 30.2. The molecule has 3 aliphatic carbocycles. The minimum absolute atomic E-state index is 0.0284. The van der Waals surface area contributed by atoms with E-state index in [0.717, 1.165) is 44.2 Å². The fourth-order valence-corrected chi connectivity index (χ4v) is 8.76. The summed E-state index contributed by atoms with van der Waals surface area (Å²) in [5.41, 5.74) is 3.81. The zero-order valence-electron chi connectivity index (χ0n) is 25.3. The topological polar surface area (TPSA) is 65.1 Å². The molecule has 2 saturated carbocycles. The number of hydrogen-bond acceptors (Lipinski definition) is 6.